The standard InChI is InChI=1S/C6H16N2.4ClH.Ti/c1-7(2)5-6-8(3)4;;;;;/h5-6H2,1-4H3;4*1H;/q;;;;;+4/p-4. The summed E-state index contributed by atoms with van der Waals surface area (Å²) in [6, 6.07) is 0. The number of likely N-dealkylation sites (N-methyl/N-ethyl adjacent to an activating group) is 2. The van der Waals surface area contributed by atoms with Gasteiger partial charge in [0.15, 0.2) is 0 Å². The summed E-state index contributed by atoms with van der Waals surface area (Å²) in [6.07, 6.45) is 0. The monoisotopic (exact) mass is 304 g/mol. The number of halogens is 4. The van der Waals surface area contributed by atoms with E-state index in [1.54, 1.807) is 0 Å². The van der Waals surface area contributed by atoms with Gasteiger partial charge in [-0.2, -0.15) is 0 Å². The quantitative estimate of drug-likeness (QED) is 0.478. The van der Waals surface area contributed by atoms with Gasteiger partial charge in [0, 0.05) is 13.1 Å². The molecule has 82 valence electrons. The summed E-state index contributed by atoms with van der Waals surface area (Å²) in [7, 11) is 8.35. The van der Waals surface area contributed by atoms with E-state index in [0.717, 1.165) is 13.1 Å². The van der Waals surface area contributed by atoms with E-state index in [1.165, 1.54) is 0 Å². The predicted molar refractivity (Wildman–Crippen MR) is 37.1 cm³/mol. The molecule has 0 rings (SSSR count). The molecule has 0 atom stereocenters. The zero-order chi connectivity index (χ0) is 6.57. The zero-order valence-electron chi connectivity index (χ0n) is 8.32. The number of rotatable bonds is 3. The Hall–Kier alpha value is 1.79. The molecule has 0 amide bonds. The molecule has 0 N–H and O–H groups in total. The van der Waals surface area contributed by atoms with E-state index in [1.807, 2.05) is 0 Å². The van der Waals surface area contributed by atoms with Crippen LogP contribution in [-0.2, 0) is 21.7 Å². The average Bonchev–Trinajstić information content (AvgIpc) is 1.61. The van der Waals surface area contributed by atoms with E-state index in [0.29, 0.717) is 0 Å². The molecule has 0 aromatic rings. The summed E-state index contributed by atoms with van der Waals surface area (Å²) < 4.78 is 0. The minimum absolute atomic E-state index is 0. The van der Waals surface area contributed by atoms with Crippen LogP contribution in [-0.4, -0.2) is 51.1 Å². The van der Waals surface area contributed by atoms with Crippen LogP contribution in [0.5, 0.6) is 0 Å². The van der Waals surface area contributed by atoms with Crippen LogP contribution < -0.4 is 49.6 Å². The maximum absolute atomic E-state index is 2.18. The summed E-state index contributed by atoms with van der Waals surface area (Å²) in [5.74, 6) is 0. The van der Waals surface area contributed by atoms with Crippen molar-refractivity contribution in [2.75, 3.05) is 41.3 Å². The van der Waals surface area contributed by atoms with Gasteiger partial charge in [0.25, 0.3) is 0 Å². The molecule has 0 aliphatic carbocycles. The molecule has 0 saturated carbocycles. The fraction of sp³-hybridized carbons (Fsp3) is 1.00. The van der Waals surface area contributed by atoms with Crippen LogP contribution >= 0.6 is 0 Å². The van der Waals surface area contributed by atoms with Crippen molar-refractivity contribution in [3.63, 3.8) is 0 Å². The van der Waals surface area contributed by atoms with Crippen LogP contribution in [0.15, 0.2) is 0 Å². The first-order valence-corrected chi connectivity index (χ1v) is 2.92. The van der Waals surface area contributed by atoms with Crippen molar-refractivity contribution < 1.29 is 71.3 Å². The molecule has 2 nitrogen and oxygen atoms in total. The SMILES string of the molecule is CN(C)CCN(C)C.[Cl-].[Cl-].[Cl-].[Cl-].[Ti+4]. The summed E-state index contributed by atoms with van der Waals surface area (Å²) in [5, 5.41) is 0. The Kier molecular flexibility index (Phi) is 65.9. The molecule has 0 aromatic heterocycles. The van der Waals surface area contributed by atoms with E-state index in [2.05, 4.69) is 38.0 Å². The van der Waals surface area contributed by atoms with Gasteiger partial charge < -0.3 is 59.4 Å². The predicted octanol–water partition coefficient (Wildman–Crippen LogP) is -11.9. The molecule has 0 saturated heterocycles. The second-order valence-corrected chi connectivity index (χ2v) is 2.61. The van der Waals surface area contributed by atoms with E-state index in [4.69, 9.17) is 0 Å². The molecule has 0 unspecified atom stereocenters. The van der Waals surface area contributed by atoms with Crippen LogP contribution in [0.3, 0.4) is 0 Å². The molecule has 0 aliphatic heterocycles. The minimum Gasteiger partial charge on any atom is -1.00 e. The summed E-state index contributed by atoms with van der Waals surface area (Å²) in [6.45, 7) is 2.29. The molecule has 0 aromatic carbocycles. The first kappa shape index (κ1) is 36.4. The van der Waals surface area contributed by atoms with Crippen molar-refractivity contribution >= 4 is 0 Å². The first-order valence-electron chi connectivity index (χ1n) is 2.92. The molecule has 0 radical (unpaired) electrons. The number of hydrogen-bond acceptors (Lipinski definition) is 2. The van der Waals surface area contributed by atoms with Crippen molar-refractivity contribution in [3.05, 3.63) is 0 Å². The molecule has 0 spiro atoms. The van der Waals surface area contributed by atoms with Crippen LogP contribution in [0, 0.1) is 0 Å². The normalized spacial score (nSPS) is 6.92. The van der Waals surface area contributed by atoms with Crippen LogP contribution in [0.2, 0.25) is 0 Å². The Morgan fingerprint density at radius 3 is 0.846 bits per heavy atom. The molecule has 7 heteroatoms. The maximum atomic E-state index is 2.18. The van der Waals surface area contributed by atoms with Gasteiger partial charge in [-0.15, -0.1) is 0 Å². The maximum Gasteiger partial charge on any atom is 4.00 e. The molecule has 0 aliphatic rings. The second kappa shape index (κ2) is 23.5. The molecule has 0 heterocycles. The number of nitrogens with zero attached hydrogens (tertiary/aromatic N) is 2. The van der Waals surface area contributed by atoms with Gasteiger partial charge in [-0.3, -0.25) is 0 Å². The third-order valence-corrected chi connectivity index (χ3v) is 0.994. The molecular weight excluding hydrogens is 290 g/mol. The van der Waals surface area contributed by atoms with Crippen molar-refractivity contribution in [1.82, 2.24) is 9.80 Å². The fourth-order valence-electron chi connectivity index (χ4n) is 0.400. The second-order valence-electron chi connectivity index (χ2n) is 2.61. The minimum atomic E-state index is 0. The van der Waals surface area contributed by atoms with Crippen molar-refractivity contribution in [2.45, 2.75) is 0 Å². The smallest absolute Gasteiger partial charge is 1.00 e. The molecular formula is C6H16Cl4N2Ti. The van der Waals surface area contributed by atoms with E-state index >= 15 is 0 Å². The summed E-state index contributed by atoms with van der Waals surface area (Å²) >= 11 is 0. The Morgan fingerprint density at radius 2 is 0.769 bits per heavy atom. The van der Waals surface area contributed by atoms with E-state index in [-0.39, 0.29) is 71.3 Å². The Balaban J connectivity index is -0.0000000245. The van der Waals surface area contributed by atoms with Gasteiger partial charge in [-0.05, 0) is 28.2 Å². The molecule has 0 bridgehead atoms. The van der Waals surface area contributed by atoms with Gasteiger partial charge in [0.05, 0.1) is 0 Å². The van der Waals surface area contributed by atoms with Crippen molar-refractivity contribution in [3.8, 4) is 0 Å². The molecule has 0 fully saturated rings. The largest absolute Gasteiger partial charge is 4.00 e. The molecule has 13 heavy (non-hydrogen) atoms. The van der Waals surface area contributed by atoms with Gasteiger partial charge in [0.1, 0.15) is 0 Å². The Morgan fingerprint density at radius 1 is 0.615 bits per heavy atom. The third-order valence-electron chi connectivity index (χ3n) is 0.994. The van der Waals surface area contributed by atoms with Crippen LogP contribution in [0.1, 0.15) is 0 Å². The first-order chi connectivity index (χ1) is 3.63. The van der Waals surface area contributed by atoms with Gasteiger partial charge in [0.2, 0.25) is 0 Å². The average molecular weight is 306 g/mol. The third kappa shape index (κ3) is 41.6. The van der Waals surface area contributed by atoms with E-state index < -0.39 is 0 Å². The van der Waals surface area contributed by atoms with Crippen molar-refractivity contribution in [1.29, 1.82) is 0 Å². The summed E-state index contributed by atoms with van der Waals surface area (Å²) in [5.41, 5.74) is 0. The van der Waals surface area contributed by atoms with Crippen molar-refractivity contribution in [2.24, 2.45) is 0 Å². The topological polar surface area (TPSA) is 6.48 Å². The number of hydrogen-bond donors (Lipinski definition) is 0. The fourth-order valence-corrected chi connectivity index (χ4v) is 0.400. The Bertz CT molecular complexity index is 58.6. The van der Waals surface area contributed by atoms with Crippen LogP contribution in [0.25, 0.3) is 0 Å². The van der Waals surface area contributed by atoms with Gasteiger partial charge in [-0.1, -0.05) is 0 Å². The van der Waals surface area contributed by atoms with Crippen LogP contribution in [0.4, 0.5) is 0 Å². The summed E-state index contributed by atoms with van der Waals surface area (Å²) in [4.78, 5) is 4.36. The zero-order valence-corrected chi connectivity index (χ0v) is 12.9. The Labute approximate surface area is 122 Å². The van der Waals surface area contributed by atoms with Gasteiger partial charge in [-0.25, -0.2) is 0 Å². The van der Waals surface area contributed by atoms with E-state index in [9.17, 15) is 0 Å². The van der Waals surface area contributed by atoms with Gasteiger partial charge >= 0.3 is 21.7 Å².